The van der Waals surface area contributed by atoms with E-state index in [0.717, 1.165) is 18.9 Å². The van der Waals surface area contributed by atoms with Crippen LogP contribution in [0.15, 0.2) is 18.2 Å². The van der Waals surface area contributed by atoms with E-state index >= 15 is 0 Å². The molecule has 0 amide bonds. The van der Waals surface area contributed by atoms with E-state index in [2.05, 4.69) is 12.2 Å². The monoisotopic (exact) mass is 302 g/mol. The van der Waals surface area contributed by atoms with Crippen LogP contribution in [0, 0.1) is 5.92 Å². The smallest absolute Gasteiger partial charge is 0.398 e. The lowest BCUT2D eigenvalue weighted by Gasteiger charge is -2.36. The molecule has 1 aliphatic carbocycles. The lowest BCUT2D eigenvalue weighted by atomic mass is 9.79. The minimum absolute atomic E-state index is 0.249. The second-order valence-electron chi connectivity index (χ2n) is 6.08. The topological polar surface area (TPSA) is 58.3 Å². The summed E-state index contributed by atoms with van der Waals surface area (Å²) in [5, 5.41) is 13.4. The first-order valence-corrected chi connectivity index (χ1v) is 7.13. The first-order chi connectivity index (χ1) is 9.70. The van der Waals surface area contributed by atoms with E-state index in [-0.39, 0.29) is 12.2 Å². The number of anilines is 2. The maximum Gasteiger partial charge on any atom is 0.418 e. The van der Waals surface area contributed by atoms with Gasteiger partial charge in [-0.05, 0) is 37.0 Å². The Kier molecular flexibility index (Phi) is 4.37. The summed E-state index contributed by atoms with van der Waals surface area (Å²) in [6, 6.07) is 3.73. The number of nitrogens with one attached hydrogen (secondary N) is 1. The van der Waals surface area contributed by atoms with E-state index in [0.29, 0.717) is 24.4 Å². The van der Waals surface area contributed by atoms with Crippen LogP contribution < -0.4 is 11.1 Å². The third-order valence-corrected chi connectivity index (χ3v) is 4.05. The van der Waals surface area contributed by atoms with Gasteiger partial charge in [-0.25, -0.2) is 0 Å². The summed E-state index contributed by atoms with van der Waals surface area (Å²) in [5.41, 5.74) is 3.69. The van der Waals surface area contributed by atoms with Gasteiger partial charge in [0.2, 0.25) is 0 Å². The number of benzene rings is 1. The van der Waals surface area contributed by atoms with E-state index in [1.807, 2.05) is 0 Å². The molecule has 0 spiro atoms. The summed E-state index contributed by atoms with van der Waals surface area (Å²) >= 11 is 0. The van der Waals surface area contributed by atoms with Gasteiger partial charge in [-0.3, -0.25) is 0 Å². The number of nitrogen functional groups attached to an aromatic ring is 1. The normalized spacial score (nSPS) is 26.6. The van der Waals surface area contributed by atoms with Crippen LogP contribution in [0.4, 0.5) is 24.5 Å². The molecular formula is C15H21F3N2O. The summed E-state index contributed by atoms with van der Waals surface area (Å²) < 4.78 is 38.4. The highest BCUT2D eigenvalue weighted by Gasteiger charge is 2.34. The number of hydrogen-bond donors (Lipinski definition) is 3. The van der Waals surface area contributed by atoms with Crippen molar-refractivity contribution in [3.63, 3.8) is 0 Å². The average molecular weight is 302 g/mol. The minimum atomic E-state index is -4.47. The van der Waals surface area contributed by atoms with Gasteiger partial charge in [0, 0.05) is 17.9 Å². The zero-order valence-electron chi connectivity index (χ0n) is 12.0. The summed E-state index contributed by atoms with van der Waals surface area (Å²) in [6.07, 6.45) is -1.11. The van der Waals surface area contributed by atoms with Crippen LogP contribution in [-0.4, -0.2) is 17.3 Å². The maximum atomic E-state index is 12.8. The molecule has 6 heteroatoms. The van der Waals surface area contributed by atoms with Gasteiger partial charge in [0.25, 0.3) is 0 Å². The van der Waals surface area contributed by atoms with Crippen molar-refractivity contribution in [2.75, 3.05) is 17.6 Å². The predicted octanol–water partition coefficient (Wildman–Crippen LogP) is 3.64. The molecule has 21 heavy (non-hydrogen) atoms. The van der Waals surface area contributed by atoms with Gasteiger partial charge in [-0.1, -0.05) is 19.8 Å². The number of rotatable bonds is 3. The van der Waals surface area contributed by atoms with Gasteiger partial charge in [-0.2, -0.15) is 13.2 Å². The molecule has 0 radical (unpaired) electrons. The Bertz CT molecular complexity index is 504. The summed E-state index contributed by atoms with van der Waals surface area (Å²) in [4.78, 5) is 0. The molecule has 1 aromatic carbocycles. The number of hydrogen-bond acceptors (Lipinski definition) is 3. The fourth-order valence-electron chi connectivity index (χ4n) is 2.97. The van der Waals surface area contributed by atoms with Crippen molar-refractivity contribution >= 4 is 11.4 Å². The molecular weight excluding hydrogens is 281 g/mol. The summed E-state index contributed by atoms with van der Waals surface area (Å²) in [5.74, 6) is 0.433. The Morgan fingerprint density at radius 3 is 2.76 bits per heavy atom. The van der Waals surface area contributed by atoms with Crippen LogP contribution >= 0.6 is 0 Å². The van der Waals surface area contributed by atoms with Gasteiger partial charge < -0.3 is 16.2 Å². The Balaban J connectivity index is 2.07. The third-order valence-electron chi connectivity index (χ3n) is 4.05. The number of halogens is 3. The number of alkyl halides is 3. The molecule has 4 N–H and O–H groups in total. The highest BCUT2D eigenvalue weighted by Crippen LogP contribution is 2.36. The highest BCUT2D eigenvalue weighted by molar-refractivity contribution is 5.58. The molecule has 0 aromatic heterocycles. The average Bonchev–Trinajstić information content (AvgIpc) is 2.36. The molecule has 118 valence electrons. The molecule has 2 unspecified atom stereocenters. The van der Waals surface area contributed by atoms with Crippen molar-refractivity contribution in [1.82, 2.24) is 0 Å². The van der Waals surface area contributed by atoms with E-state index in [1.165, 1.54) is 12.1 Å². The Labute approximate surface area is 122 Å². The van der Waals surface area contributed by atoms with Gasteiger partial charge in [0.05, 0.1) is 11.2 Å². The molecule has 3 nitrogen and oxygen atoms in total. The minimum Gasteiger partial charge on any atom is -0.398 e. The quantitative estimate of drug-likeness (QED) is 0.747. The summed E-state index contributed by atoms with van der Waals surface area (Å²) in [6.45, 7) is 2.33. The molecule has 0 aliphatic heterocycles. The second-order valence-corrected chi connectivity index (χ2v) is 6.08. The standard InChI is InChI=1S/C15H21F3N2O/c1-10-3-2-6-14(21,8-10)9-20-11-4-5-13(19)12(7-11)15(16,17)18/h4-5,7,10,20-21H,2-3,6,8-9,19H2,1H3. The van der Waals surface area contributed by atoms with E-state index in [4.69, 9.17) is 5.73 Å². The predicted molar refractivity (Wildman–Crippen MR) is 76.9 cm³/mol. The van der Waals surface area contributed by atoms with E-state index in [1.54, 1.807) is 0 Å². The van der Waals surface area contributed by atoms with Crippen molar-refractivity contribution in [2.45, 2.75) is 44.4 Å². The van der Waals surface area contributed by atoms with Gasteiger partial charge >= 0.3 is 6.18 Å². The Morgan fingerprint density at radius 2 is 2.14 bits per heavy atom. The molecule has 2 atom stereocenters. The Hall–Kier alpha value is -1.43. The number of aliphatic hydroxyl groups is 1. The molecule has 1 saturated carbocycles. The van der Waals surface area contributed by atoms with Gasteiger partial charge in [0.1, 0.15) is 0 Å². The molecule has 1 fully saturated rings. The molecule has 2 rings (SSSR count). The van der Waals surface area contributed by atoms with Gasteiger partial charge in [-0.15, -0.1) is 0 Å². The van der Waals surface area contributed by atoms with Crippen molar-refractivity contribution in [1.29, 1.82) is 0 Å². The lowest BCUT2D eigenvalue weighted by Crippen LogP contribution is -2.41. The van der Waals surface area contributed by atoms with Crippen molar-refractivity contribution in [2.24, 2.45) is 5.92 Å². The first-order valence-electron chi connectivity index (χ1n) is 7.13. The molecule has 0 bridgehead atoms. The highest BCUT2D eigenvalue weighted by atomic mass is 19.4. The second kappa shape index (κ2) is 5.75. The largest absolute Gasteiger partial charge is 0.418 e. The zero-order chi connectivity index (χ0) is 15.7. The number of nitrogens with two attached hydrogens (primary N) is 1. The van der Waals surface area contributed by atoms with E-state index < -0.39 is 17.3 Å². The molecule has 1 aromatic rings. The van der Waals surface area contributed by atoms with Crippen LogP contribution in [-0.2, 0) is 6.18 Å². The SMILES string of the molecule is CC1CCCC(O)(CNc2ccc(N)c(C(F)(F)F)c2)C1. The maximum absolute atomic E-state index is 12.8. The van der Waals surface area contributed by atoms with E-state index in [9.17, 15) is 18.3 Å². The first kappa shape index (κ1) is 15.9. The van der Waals surface area contributed by atoms with Crippen molar-refractivity contribution < 1.29 is 18.3 Å². The van der Waals surface area contributed by atoms with Crippen molar-refractivity contribution in [3.05, 3.63) is 23.8 Å². The van der Waals surface area contributed by atoms with Crippen LogP contribution in [0.1, 0.15) is 38.2 Å². The van der Waals surface area contributed by atoms with Crippen LogP contribution in [0.5, 0.6) is 0 Å². The lowest BCUT2D eigenvalue weighted by molar-refractivity contribution is -0.136. The fourth-order valence-corrected chi connectivity index (χ4v) is 2.97. The summed E-state index contributed by atoms with van der Waals surface area (Å²) in [7, 11) is 0. The van der Waals surface area contributed by atoms with Crippen LogP contribution in [0.3, 0.4) is 0 Å². The molecule has 0 saturated heterocycles. The van der Waals surface area contributed by atoms with Crippen molar-refractivity contribution in [3.8, 4) is 0 Å². The fraction of sp³-hybridized carbons (Fsp3) is 0.600. The van der Waals surface area contributed by atoms with Crippen LogP contribution in [0.25, 0.3) is 0 Å². The molecule has 1 aliphatic rings. The molecule has 0 heterocycles. The van der Waals surface area contributed by atoms with Crippen LogP contribution in [0.2, 0.25) is 0 Å². The third kappa shape index (κ3) is 4.03. The Morgan fingerprint density at radius 1 is 1.43 bits per heavy atom. The zero-order valence-corrected chi connectivity index (χ0v) is 12.0. The van der Waals surface area contributed by atoms with Gasteiger partial charge in [0.15, 0.2) is 0 Å².